The van der Waals surface area contributed by atoms with Crippen molar-refractivity contribution < 1.29 is 17.9 Å². The number of ether oxygens (including phenoxy) is 1. The van der Waals surface area contributed by atoms with Crippen LogP contribution in [0.5, 0.6) is 0 Å². The van der Waals surface area contributed by atoms with E-state index in [0.29, 0.717) is 5.92 Å². The molecule has 0 unspecified atom stereocenters. The Bertz CT molecular complexity index is 1650. The third-order valence-electron chi connectivity index (χ3n) is 10.3. The minimum Gasteiger partial charge on any atom is -0.446 e. The van der Waals surface area contributed by atoms with E-state index in [4.69, 9.17) is 4.74 Å². The number of anilines is 1. The van der Waals surface area contributed by atoms with Gasteiger partial charge in [0, 0.05) is 55.6 Å². The lowest BCUT2D eigenvalue weighted by molar-refractivity contribution is 0.0291. The summed E-state index contributed by atoms with van der Waals surface area (Å²) in [5.74, 6) is 0.665. The molecule has 3 fully saturated rings. The third kappa shape index (κ3) is 6.88. The van der Waals surface area contributed by atoms with Gasteiger partial charge in [0.2, 0.25) is 9.84 Å². The number of benzene rings is 2. The number of amides is 1. The molecule has 1 aromatic heterocycles. The summed E-state index contributed by atoms with van der Waals surface area (Å²) in [6.45, 7) is 8.58. The number of nitrogens with zero attached hydrogens (tertiary/aromatic N) is 4. The number of rotatable bonds is 10. The molecule has 1 N–H and O–H groups in total. The van der Waals surface area contributed by atoms with Crippen molar-refractivity contribution in [2.24, 2.45) is 17.8 Å². The molecule has 3 aromatic rings. The average Bonchev–Trinajstić information content (AvgIpc) is 3.52. The maximum atomic E-state index is 12.9. The standard InChI is InChI=1S/C37H45N5O4S/c1-27(2)40-36(43)46-35-10-6-9-34(35)37(26-38,29-7-4-3-5-8-29)30-17-21-41(22-18-30)23-28-24-42(25-28)31-11-13-32(14-12-31)47(44,45)33-15-19-39-20-16-33/h3-5,7-8,11-16,19-20,27-28,30,34-35H,6,9-10,17-18,21-25H2,1-2H3,(H,40,43)/t34-,35-,37+/m1/s1. The van der Waals surface area contributed by atoms with Crippen LogP contribution in [0.4, 0.5) is 10.5 Å². The van der Waals surface area contributed by atoms with Crippen molar-refractivity contribution in [3.8, 4) is 6.07 Å². The van der Waals surface area contributed by atoms with Gasteiger partial charge in [-0.3, -0.25) is 4.98 Å². The lowest BCUT2D eigenvalue weighted by Gasteiger charge is -2.48. The molecule has 6 rings (SSSR count). The normalized spacial score (nSPS) is 22.3. The molecule has 1 saturated carbocycles. The van der Waals surface area contributed by atoms with Gasteiger partial charge < -0.3 is 19.9 Å². The Hall–Kier alpha value is -3.94. The first-order valence-electron chi connectivity index (χ1n) is 16.9. The van der Waals surface area contributed by atoms with Gasteiger partial charge >= 0.3 is 6.09 Å². The van der Waals surface area contributed by atoms with Crippen molar-refractivity contribution in [1.29, 1.82) is 5.26 Å². The fourth-order valence-electron chi connectivity index (χ4n) is 8.02. The van der Waals surface area contributed by atoms with E-state index in [2.05, 4.69) is 38.3 Å². The van der Waals surface area contributed by atoms with Crippen LogP contribution in [0.1, 0.15) is 51.5 Å². The predicted molar refractivity (Wildman–Crippen MR) is 181 cm³/mol. The van der Waals surface area contributed by atoms with E-state index < -0.39 is 21.3 Å². The highest BCUT2D eigenvalue weighted by Gasteiger charge is 2.53. The van der Waals surface area contributed by atoms with Crippen LogP contribution in [0.15, 0.2) is 88.9 Å². The lowest BCUT2D eigenvalue weighted by atomic mass is 9.59. The van der Waals surface area contributed by atoms with Gasteiger partial charge in [0.15, 0.2) is 0 Å². The molecular formula is C37H45N5O4S. The zero-order valence-corrected chi connectivity index (χ0v) is 28.1. The zero-order valence-electron chi connectivity index (χ0n) is 27.3. The van der Waals surface area contributed by atoms with E-state index in [1.807, 2.05) is 44.2 Å². The van der Waals surface area contributed by atoms with Crippen molar-refractivity contribution in [3.05, 3.63) is 84.7 Å². The van der Waals surface area contributed by atoms with E-state index in [0.717, 1.165) is 76.1 Å². The van der Waals surface area contributed by atoms with Crippen molar-refractivity contribution in [1.82, 2.24) is 15.2 Å². The number of alkyl carbamates (subject to hydrolysis) is 1. The first kappa shape index (κ1) is 33.0. The highest BCUT2D eigenvalue weighted by molar-refractivity contribution is 7.91. The zero-order chi connectivity index (χ0) is 33.0. The summed E-state index contributed by atoms with van der Waals surface area (Å²) in [6.07, 6.45) is 6.75. The van der Waals surface area contributed by atoms with Gasteiger partial charge in [0.25, 0.3) is 0 Å². The van der Waals surface area contributed by atoms with Crippen LogP contribution >= 0.6 is 0 Å². The lowest BCUT2D eigenvalue weighted by Crippen LogP contribution is -2.54. The third-order valence-corrected chi connectivity index (χ3v) is 12.1. The van der Waals surface area contributed by atoms with Crippen LogP contribution in [-0.4, -0.2) is 69.3 Å². The van der Waals surface area contributed by atoms with Crippen molar-refractivity contribution in [2.45, 2.75) is 73.3 Å². The SMILES string of the molecule is CC(C)NC(=O)O[C@@H]1CCC[C@H]1[C@@](C#N)(c1ccccc1)C1CCN(CC2CN(c3ccc(S(=O)(=O)c4ccncc4)cc3)C2)CC1. The van der Waals surface area contributed by atoms with E-state index in [-0.39, 0.29) is 33.8 Å². The van der Waals surface area contributed by atoms with Crippen LogP contribution in [0, 0.1) is 29.1 Å². The number of pyridine rings is 1. The Morgan fingerprint density at radius 1 is 0.979 bits per heavy atom. The van der Waals surface area contributed by atoms with Gasteiger partial charge in [0.05, 0.1) is 21.3 Å². The molecule has 3 aliphatic rings. The van der Waals surface area contributed by atoms with Gasteiger partial charge in [-0.25, -0.2) is 13.2 Å². The molecule has 1 amide bonds. The Morgan fingerprint density at radius 3 is 2.28 bits per heavy atom. The fraction of sp³-hybridized carbons (Fsp3) is 0.486. The quantitative estimate of drug-likeness (QED) is 0.290. The van der Waals surface area contributed by atoms with Crippen LogP contribution in [0.25, 0.3) is 0 Å². The molecular weight excluding hydrogens is 611 g/mol. The number of hydrogen-bond acceptors (Lipinski definition) is 8. The van der Waals surface area contributed by atoms with E-state index >= 15 is 0 Å². The Kier molecular flexibility index (Phi) is 9.85. The number of aromatic nitrogens is 1. The van der Waals surface area contributed by atoms with E-state index in [1.165, 1.54) is 24.5 Å². The first-order chi connectivity index (χ1) is 22.7. The Balaban J connectivity index is 1.07. The molecule has 2 aliphatic heterocycles. The molecule has 3 atom stereocenters. The summed E-state index contributed by atoms with van der Waals surface area (Å²) in [6, 6.07) is 23.2. The number of piperidine rings is 1. The summed E-state index contributed by atoms with van der Waals surface area (Å²) < 4.78 is 31.9. The van der Waals surface area contributed by atoms with Crippen molar-refractivity contribution in [2.75, 3.05) is 37.6 Å². The van der Waals surface area contributed by atoms with E-state index in [9.17, 15) is 18.5 Å². The van der Waals surface area contributed by atoms with E-state index in [1.54, 1.807) is 12.1 Å². The first-order valence-corrected chi connectivity index (χ1v) is 18.4. The highest BCUT2D eigenvalue weighted by atomic mass is 32.2. The number of carbonyl (C=O) groups is 1. The second-order valence-electron chi connectivity index (χ2n) is 13.7. The fourth-order valence-corrected chi connectivity index (χ4v) is 9.27. The second kappa shape index (κ2) is 14.0. The maximum absolute atomic E-state index is 12.9. The summed E-state index contributed by atoms with van der Waals surface area (Å²) in [7, 11) is -3.56. The molecule has 3 heterocycles. The summed E-state index contributed by atoms with van der Waals surface area (Å²) >= 11 is 0. The predicted octanol–water partition coefficient (Wildman–Crippen LogP) is 5.83. The molecule has 1 aliphatic carbocycles. The molecule has 0 radical (unpaired) electrons. The van der Waals surface area contributed by atoms with Gasteiger partial charge in [-0.15, -0.1) is 0 Å². The monoisotopic (exact) mass is 655 g/mol. The molecule has 2 aromatic carbocycles. The summed E-state index contributed by atoms with van der Waals surface area (Å²) in [4.78, 5) is 21.9. The molecule has 0 bridgehead atoms. The largest absolute Gasteiger partial charge is 0.446 e. The molecule has 2 saturated heterocycles. The van der Waals surface area contributed by atoms with Gasteiger partial charge in [-0.05, 0) is 107 Å². The maximum Gasteiger partial charge on any atom is 0.407 e. The topological polar surface area (TPSA) is 116 Å². The van der Waals surface area contributed by atoms with Crippen LogP contribution in [-0.2, 0) is 20.0 Å². The molecule has 9 nitrogen and oxygen atoms in total. The highest BCUT2D eigenvalue weighted by Crippen LogP contribution is 2.51. The Labute approximate surface area is 278 Å². The number of sulfone groups is 1. The van der Waals surface area contributed by atoms with Crippen molar-refractivity contribution in [3.63, 3.8) is 0 Å². The number of carbonyl (C=O) groups excluding carboxylic acids is 1. The van der Waals surface area contributed by atoms with Crippen LogP contribution < -0.4 is 10.2 Å². The number of likely N-dealkylation sites (tertiary alicyclic amines) is 1. The van der Waals surface area contributed by atoms with Crippen LogP contribution in [0.3, 0.4) is 0 Å². The smallest absolute Gasteiger partial charge is 0.407 e. The molecule has 47 heavy (non-hydrogen) atoms. The summed E-state index contributed by atoms with van der Waals surface area (Å²) in [5.41, 5.74) is 1.36. The number of hydrogen-bond donors (Lipinski definition) is 1. The van der Waals surface area contributed by atoms with Crippen LogP contribution in [0.2, 0.25) is 0 Å². The van der Waals surface area contributed by atoms with Gasteiger partial charge in [-0.2, -0.15) is 5.26 Å². The number of nitriles is 1. The minimum absolute atomic E-state index is 0.00769. The minimum atomic E-state index is -3.56. The molecule has 248 valence electrons. The molecule has 10 heteroatoms. The van der Waals surface area contributed by atoms with Crippen molar-refractivity contribution >= 4 is 21.6 Å². The summed E-state index contributed by atoms with van der Waals surface area (Å²) in [5, 5.41) is 13.9. The average molecular weight is 656 g/mol. The molecule has 0 spiro atoms. The van der Waals surface area contributed by atoms with Gasteiger partial charge in [-0.1, -0.05) is 30.3 Å². The number of nitrogens with one attached hydrogen (secondary N) is 1. The second-order valence-corrected chi connectivity index (χ2v) is 15.6. The Morgan fingerprint density at radius 2 is 1.64 bits per heavy atom. The van der Waals surface area contributed by atoms with Gasteiger partial charge in [0.1, 0.15) is 6.10 Å².